The summed E-state index contributed by atoms with van der Waals surface area (Å²) < 4.78 is 17.6. The third kappa shape index (κ3) is 6.59. The van der Waals surface area contributed by atoms with Crippen molar-refractivity contribution in [3.05, 3.63) is 0 Å². The Morgan fingerprint density at radius 2 is 0.955 bits per heavy atom. The minimum atomic E-state index is -0.934. The molecule has 0 aliphatic carbocycles. The van der Waals surface area contributed by atoms with Crippen molar-refractivity contribution in [2.24, 2.45) is 10.2 Å². The van der Waals surface area contributed by atoms with E-state index in [4.69, 9.17) is 0 Å². The molecule has 0 aromatic carbocycles. The molecule has 0 aromatic heterocycles. The zero-order chi connectivity index (χ0) is 17.1. The number of hydrogen-bond donors (Lipinski definition) is 0. The van der Waals surface area contributed by atoms with Crippen molar-refractivity contribution in [3.8, 4) is 0 Å². The number of ether oxygens (including phenoxy) is 4. The third-order valence-corrected chi connectivity index (χ3v) is 2.21. The predicted molar refractivity (Wildman–Crippen MR) is 72.2 cm³/mol. The van der Waals surface area contributed by atoms with E-state index in [1.807, 2.05) is 0 Å². The topological polar surface area (TPSA) is 130 Å². The largest absolute Gasteiger partial charge is 0.469 e. The molecule has 0 saturated carbocycles. The van der Waals surface area contributed by atoms with Crippen LogP contribution in [0.15, 0.2) is 10.2 Å². The number of carbonyl (C=O) groups is 4. The Morgan fingerprint density at radius 1 is 0.636 bits per heavy atom. The molecule has 10 heteroatoms. The van der Waals surface area contributed by atoms with Gasteiger partial charge in [0.25, 0.3) is 0 Å². The molecule has 0 radical (unpaired) electrons. The van der Waals surface area contributed by atoms with E-state index in [9.17, 15) is 19.2 Å². The highest BCUT2D eigenvalue weighted by Crippen LogP contribution is 1.99. The van der Waals surface area contributed by atoms with Gasteiger partial charge in [0.1, 0.15) is 0 Å². The molecule has 22 heavy (non-hydrogen) atoms. The van der Waals surface area contributed by atoms with Gasteiger partial charge in [-0.05, 0) is 0 Å². The van der Waals surface area contributed by atoms with E-state index in [2.05, 4.69) is 29.2 Å². The zero-order valence-corrected chi connectivity index (χ0v) is 12.6. The van der Waals surface area contributed by atoms with Crippen LogP contribution in [0.1, 0.15) is 12.8 Å². The Morgan fingerprint density at radius 3 is 1.18 bits per heavy atom. The van der Waals surface area contributed by atoms with Crippen molar-refractivity contribution in [1.82, 2.24) is 0 Å². The first-order valence-electron chi connectivity index (χ1n) is 5.83. The fourth-order valence-corrected chi connectivity index (χ4v) is 1.07. The van der Waals surface area contributed by atoms with Crippen molar-refractivity contribution in [3.63, 3.8) is 0 Å². The Kier molecular flexibility index (Phi) is 8.75. The van der Waals surface area contributed by atoms with Gasteiger partial charge in [0, 0.05) is 0 Å². The van der Waals surface area contributed by atoms with Crippen LogP contribution in [0.4, 0.5) is 0 Å². The second-order valence-corrected chi connectivity index (χ2v) is 3.58. The van der Waals surface area contributed by atoms with E-state index in [1.54, 1.807) is 0 Å². The van der Waals surface area contributed by atoms with Gasteiger partial charge in [0.2, 0.25) is 0 Å². The Labute approximate surface area is 126 Å². The van der Waals surface area contributed by atoms with Gasteiger partial charge in [-0.15, -0.1) is 10.2 Å². The molecule has 0 saturated heterocycles. The standard InChI is InChI=1S/C12H16N2O8/c1-19-9(15)5-7(11(17)21-3)13-14-8(12(18)22-4)6-10(16)20-2/h5-6H2,1-4H3/b13-7-,14-8-. The first-order chi connectivity index (χ1) is 10.4. The van der Waals surface area contributed by atoms with Crippen LogP contribution in [0, 0.1) is 0 Å². The van der Waals surface area contributed by atoms with Crippen LogP contribution in [0.5, 0.6) is 0 Å². The average molecular weight is 316 g/mol. The molecule has 0 rings (SSSR count). The molecular weight excluding hydrogens is 300 g/mol. The van der Waals surface area contributed by atoms with Crippen molar-refractivity contribution < 1.29 is 38.1 Å². The zero-order valence-electron chi connectivity index (χ0n) is 12.6. The highest BCUT2D eigenvalue weighted by molar-refractivity contribution is 6.41. The lowest BCUT2D eigenvalue weighted by Gasteiger charge is -2.03. The first kappa shape index (κ1) is 19.2. The quantitative estimate of drug-likeness (QED) is 0.260. The molecule has 0 bridgehead atoms. The normalized spacial score (nSPS) is 11.5. The highest BCUT2D eigenvalue weighted by atomic mass is 16.5. The molecule has 0 amide bonds. The van der Waals surface area contributed by atoms with Crippen molar-refractivity contribution in [2.75, 3.05) is 28.4 Å². The molecular formula is C12H16N2O8. The fourth-order valence-electron chi connectivity index (χ4n) is 1.07. The first-order valence-corrected chi connectivity index (χ1v) is 5.83. The van der Waals surface area contributed by atoms with E-state index in [1.165, 1.54) is 0 Å². The number of methoxy groups -OCH3 is 4. The van der Waals surface area contributed by atoms with Gasteiger partial charge in [0.15, 0.2) is 11.4 Å². The SMILES string of the molecule is COC(=O)C/C(=N/N=C(/CC(=O)OC)C(=O)OC)C(=O)OC. The molecule has 0 spiro atoms. The van der Waals surface area contributed by atoms with Crippen LogP contribution in [0.2, 0.25) is 0 Å². The lowest BCUT2D eigenvalue weighted by Crippen LogP contribution is -2.22. The minimum Gasteiger partial charge on any atom is -0.469 e. The number of esters is 4. The number of rotatable bonds is 7. The highest BCUT2D eigenvalue weighted by Gasteiger charge is 2.20. The van der Waals surface area contributed by atoms with Gasteiger partial charge in [0.05, 0.1) is 41.3 Å². The Bertz CT molecular complexity index is 463. The molecule has 10 nitrogen and oxygen atoms in total. The molecule has 0 heterocycles. The molecule has 0 N–H and O–H groups in total. The maximum absolute atomic E-state index is 11.5. The summed E-state index contributed by atoms with van der Waals surface area (Å²) in [4.78, 5) is 45.3. The lowest BCUT2D eigenvalue weighted by molar-refractivity contribution is -0.141. The van der Waals surface area contributed by atoms with E-state index >= 15 is 0 Å². The number of hydrogen-bond acceptors (Lipinski definition) is 10. The van der Waals surface area contributed by atoms with Crippen LogP contribution >= 0.6 is 0 Å². The van der Waals surface area contributed by atoms with Crippen LogP contribution in [0.25, 0.3) is 0 Å². The van der Waals surface area contributed by atoms with E-state index in [0.717, 1.165) is 28.4 Å². The number of carbonyl (C=O) groups excluding carboxylic acids is 4. The summed E-state index contributed by atoms with van der Waals surface area (Å²) in [6.07, 6.45) is -1.03. The second kappa shape index (κ2) is 10.0. The van der Waals surface area contributed by atoms with E-state index < -0.39 is 48.1 Å². The van der Waals surface area contributed by atoms with Crippen LogP contribution in [0.3, 0.4) is 0 Å². The monoisotopic (exact) mass is 316 g/mol. The molecule has 0 aliphatic rings. The minimum absolute atomic E-state index is 0.402. The van der Waals surface area contributed by atoms with Gasteiger partial charge < -0.3 is 18.9 Å². The van der Waals surface area contributed by atoms with Gasteiger partial charge in [-0.3, -0.25) is 9.59 Å². The van der Waals surface area contributed by atoms with Gasteiger partial charge >= 0.3 is 23.9 Å². The molecule has 122 valence electrons. The fraction of sp³-hybridized carbons (Fsp3) is 0.500. The van der Waals surface area contributed by atoms with E-state index in [-0.39, 0.29) is 0 Å². The molecule has 0 aliphatic heterocycles. The average Bonchev–Trinajstić information content (AvgIpc) is 2.54. The third-order valence-electron chi connectivity index (χ3n) is 2.21. The van der Waals surface area contributed by atoms with Crippen molar-refractivity contribution >= 4 is 35.3 Å². The van der Waals surface area contributed by atoms with Crippen LogP contribution in [-0.4, -0.2) is 63.7 Å². The molecule has 0 fully saturated rings. The smallest absolute Gasteiger partial charge is 0.354 e. The Balaban J connectivity index is 5.45. The molecule has 0 atom stereocenters. The predicted octanol–water partition coefficient (Wildman–Crippen LogP) is -0.744. The van der Waals surface area contributed by atoms with Crippen LogP contribution in [-0.2, 0) is 38.1 Å². The maximum atomic E-state index is 11.5. The summed E-state index contributed by atoms with van der Waals surface area (Å²) in [5.41, 5.74) is -0.804. The summed E-state index contributed by atoms with van der Waals surface area (Å²) in [5.74, 6) is -3.38. The molecule has 0 unspecified atom stereocenters. The summed E-state index contributed by atoms with van der Waals surface area (Å²) in [5, 5.41) is 6.92. The van der Waals surface area contributed by atoms with Crippen molar-refractivity contribution in [1.29, 1.82) is 0 Å². The van der Waals surface area contributed by atoms with Crippen LogP contribution < -0.4 is 0 Å². The number of nitrogens with zero attached hydrogens (tertiary/aromatic N) is 2. The van der Waals surface area contributed by atoms with Gasteiger partial charge in [-0.1, -0.05) is 0 Å². The summed E-state index contributed by atoms with van der Waals surface area (Å²) in [7, 11) is 4.40. The Hall–Kier alpha value is -2.78. The van der Waals surface area contributed by atoms with Crippen molar-refractivity contribution in [2.45, 2.75) is 12.8 Å². The summed E-state index contributed by atoms with van der Waals surface area (Å²) in [6, 6.07) is 0. The summed E-state index contributed by atoms with van der Waals surface area (Å²) in [6.45, 7) is 0. The van der Waals surface area contributed by atoms with Gasteiger partial charge in [-0.2, -0.15) is 0 Å². The molecule has 0 aromatic rings. The summed E-state index contributed by atoms with van der Waals surface area (Å²) >= 11 is 0. The van der Waals surface area contributed by atoms with Gasteiger partial charge in [-0.25, -0.2) is 9.59 Å². The second-order valence-electron chi connectivity index (χ2n) is 3.58. The lowest BCUT2D eigenvalue weighted by atomic mass is 10.2. The van der Waals surface area contributed by atoms with E-state index in [0.29, 0.717) is 0 Å². The maximum Gasteiger partial charge on any atom is 0.354 e.